The van der Waals surface area contributed by atoms with Gasteiger partial charge in [0.25, 0.3) is 0 Å². The molecule has 3 rings (SSSR count). The predicted octanol–water partition coefficient (Wildman–Crippen LogP) is 2.32. The van der Waals surface area contributed by atoms with Crippen molar-refractivity contribution in [3.05, 3.63) is 41.2 Å². The molecular weight excluding hydrogens is 334 g/mol. The van der Waals surface area contributed by atoms with E-state index in [-0.39, 0.29) is 12.3 Å². The first-order chi connectivity index (χ1) is 12.5. The van der Waals surface area contributed by atoms with E-state index in [1.807, 2.05) is 36.1 Å². The maximum atomic E-state index is 12.7. The van der Waals surface area contributed by atoms with E-state index in [1.165, 1.54) is 5.56 Å². The standard InChI is InChI=1S/C19H25N3O4/c1-14-5-7-16(8-6-14)25-13-19(24-3)9-4-10-22(12-19)18(23)11-17-15(2)20-26-21-17/h5-8H,4,9-13H2,1-3H3/t19-/m0/s1. The number of aryl methyl sites for hydroxylation is 2. The number of benzene rings is 1. The van der Waals surface area contributed by atoms with Crippen LogP contribution >= 0.6 is 0 Å². The van der Waals surface area contributed by atoms with Crippen LogP contribution in [0.5, 0.6) is 5.75 Å². The van der Waals surface area contributed by atoms with Crippen molar-refractivity contribution in [2.75, 3.05) is 26.8 Å². The Bertz CT molecular complexity index is 743. The van der Waals surface area contributed by atoms with Crippen molar-refractivity contribution in [2.24, 2.45) is 0 Å². The van der Waals surface area contributed by atoms with Crippen LogP contribution in [0.3, 0.4) is 0 Å². The number of aromatic nitrogens is 2. The summed E-state index contributed by atoms with van der Waals surface area (Å²) in [7, 11) is 1.68. The highest BCUT2D eigenvalue weighted by atomic mass is 16.6. The lowest BCUT2D eigenvalue weighted by Gasteiger charge is -2.41. The summed E-state index contributed by atoms with van der Waals surface area (Å²) in [5.41, 5.74) is 1.91. The van der Waals surface area contributed by atoms with Gasteiger partial charge in [0.05, 0.1) is 13.0 Å². The van der Waals surface area contributed by atoms with Gasteiger partial charge in [0, 0.05) is 13.7 Å². The fraction of sp³-hybridized carbons (Fsp3) is 0.526. The minimum atomic E-state index is -0.504. The van der Waals surface area contributed by atoms with E-state index in [9.17, 15) is 4.79 Å². The van der Waals surface area contributed by atoms with Gasteiger partial charge < -0.3 is 14.4 Å². The molecule has 140 valence electrons. The number of hydrogen-bond donors (Lipinski definition) is 0. The Morgan fingerprint density at radius 3 is 2.69 bits per heavy atom. The quantitative estimate of drug-likeness (QED) is 0.788. The average Bonchev–Trinajstić information content (AvgIpc) is 3.06. The maximum Gasteiger partial charge on any atom is 0.228 e. The average molecular weight is 359 g/mol. The molecule has 7 heteroatoms. The second-order valence-corrected chi connectivity index (χ2v) is 6.88. The summed E-state index contributed by atoms with van der Waals surface area (Å²) in [6.45, 7) is 5.43. The zero-order chi connectivity index (χ0) is 18.6. The van der Waals surface area contributed by atoms with E-state index in [4.69, 9.17) is 9.47 Å². The van der Waals surface area contributed by atoms with Gasteiger partial charge in [-0.05, 0) is 38.8 Å². The normalized spacial score (nSPS) is 20.2. The highest BCUT2D eigenvalue weighted by Gasteiger charge is 2.38. The van der Waals surface area contributed by atoms with Crippen LogP contribution in [0, 0.1) is 13.8 Å². The van der Waals surface area contributed by atoms with Crippen molar-refractivity contribution in [1.29, 1.82) is 0 Å². The Balaban J connectivity index is 1.63. The predicted molar refractivity (Wildman–Crippen MR) is 95.0 cm³/mol. The first-order valence-corrected chi connectivity index (χ1v) is 8.82. The number of amides is 1. The molecule has 1 atom stereocenters. The lowest BCUT2D eigenvalue weighted by atomic mass is 9.93. The van der Waals surface area contributed by atoms with Gasteiger partial charge in [-0.15, -0.1) is 0 Å². The molecule has 1 aromatic carbocycles. The third-order valence-corrected chi connectivity index (χ3v) is 4.91. The van der Waals surface area contributed by atoms with Crippen LogP contribution in [0.4, 0.5) is 0 Å². The molecule has 0 bridgehead atoms. The van der Waals surface area contributed by atoms with Gasteiger partial charge in [-0.3, -0.25) is 4.79 Å². The molecule has 1 aliphatic rings. The first-order valence-electron chi connectivity index (χ1n) is 8.82. The van der Waals surface area contributed by atoms with Crippen molar-refractivity contribution in [1.82, 2.24) is 15.2 Å². The maximum absolute atomic E-state index is 12.7. The molecule has 2 aromatic rings. The smallest absolute Gasteiger partial charge is 0.228 e. The highest BCUT2D eigenvalue weighted by molar-refractivity contribution is 5.78. The van der Waals surface area contributed by atoms with Gasteiger partial charge in [-0.1, -0.05) is 28.0 Å². The Morgan fingerprint density at radius 2 is 2.04 bits per heavy atom. The van der Waals surface area contributed by atoms with Crippen LogP contribution in [0.25, 0.3) is 0 Å². The summed E-state index contributed by atoms with van der Waals surface area (Å²) in [5.74, 6) is 0.806. The number of hydrogen-bond acceptors (Lipinski definition) is 6. The Hall–Kier alpha value is -2.41. The fourth-order valence-electron chi connectivity index (χ4n) is 3.17. The zero-order valence-corrected chi connectivity index (χ0v) is 15.5. The minimum absolute atomic E-state index is 0.000242. The number of ether oxygens (including phenoxy) is 2. The molecule has 1 aliphatic heterocycles. The fourth-order valence-corrected chi connectivity index (χ4v) is 3.17. The number of piperidine rings is 1. The van der Waals surface area contributed by atoms with E-state index < -0.39 is 5.60 Å². The molecule has 26 heavy (non-hydrogen) atoms. The SMILES string of the molecule is CO[C@@]1(COc2ccc(C)cc2)CCCN(C(=O)Cc2nonc2C)C1. The van der Waals surface area contributed by atoms with Crippen LogP contribution in [-0.4, -0.2) is 53.5 Å². The van der Waals surface area contributed by atoms with Gasteiger partial charge in [0.15, 0.2) is 0 Å². The summed E-state index contributed by atoms with van der Waals surface area (Å²) >= 11 is 0. The van der Waals surface area contributed by atoms with Gasteiger partial charge >= 0.3 is 0 Å². The third-order valence-electron chi connectivity index (χ3n) is 4.91. The number of carbonyl (C=O) groups excluding carboxylic acids is 1. The topological polar surface area (TPSA) is 77.7 Å². The lowest BCUT2D eigenvalue weighted by Crippen LogP contribution is -2.54. The molecule has 0 unspecified atom stereocenters. The van der Waals surface area contributed by atoms with Gasteiger partial charge in [0.1, 0.15) is 29.3 Å². The van der Waals surface area contributed by atoms with E-state index in [0.717, 1.165) is 18.6 Å². The van der Waals surface area contributed by atoms with Crippen LogP contribution in [0.1, 0.15) is 29.8 Å². The second kappa shape index (κ2) is 7.86. The Labute approximate surface area is 153 Å². The largest absolute Gasteiger partial charge is 0.491 e. The monoisotopic (exact) mass is 359 g/mol. The molecule has 2 heterocycles. The first kappa shape index (κ1) is 18.4. The number of rotatable bonds is 6. The summed E-state index contributed by atoms with van der Waals surface area (Å²) in [6.07, 6.45) is 1.91. The molecule has 0 saturated carbocycles. The van der Waals surface area contributed by atoms with Crippen molar-refractivity contribution in [3.8, 4) is 5.75 Å². The number of nitrogens with zero attached hydrogens (tertiary/aromatic N) is 3. The van der Waals surface area contributed by atoms with Crippen LogP contribution in [0.2, 0.25) is 0 Å². The molecule has 0 radical (unpaired) electrons. The summed E-state index contributed by atoms with van der Waals surface area (Å²) in [6, 6.07) is 7.93. The molecule has 1 saturated heterocycles. The highest BCUT2D eigenvalue weighted by Crippen LogP contribution is 2.27. The van der Waals surface area contributed by atoms with Gasteiger partial charge in [-0.25, -0.2) is 4.63 Å². The van der Waals surface area contributed by atoms with E-state index in [1.54, 1.807) is 14.0 Å². The summed E-state index contributed by atoms with van der Waals surface area (Å²) < 4.78 is 16.4. The lowest BCUT2D eigenvalue weighted by molar-refractivity contribution is -0.142. The number of carbonyl (C=O) groups is 1. The molecule has 1 amide bonds. The molecule has 1 aromatic heterocycles. The number of methoxy groups -OCH3 is 1. The summed E-state index contributed by atoms with van der Waals surface area (Å²) in [5, 5.41) is 7.53. The van der Waals surface area contributed by atoms with Crippen LogP contribution < -0.4 is 4.74 Å². The molecule has 0 spiro atoms. The van der Waals surface area contributed by atoms with Gasteiger partial charge in [-0.2, -0.15) is 0 Å². The van der Waals surface area contributed by atoms with E-state index in [0.29, 0.717) is 31.1 Å². The molecule has 1 fully saturated rings. The Kier molecular flexibility index (Phi) is 5.56. The van der Waals surface area contributed by atoms with Crippen LogP contribution in [0.15, 0.2) is 28.9 Å². The van der Waals surface area contributed by atoms with Gasteiger partial charge in [0.2, 0.25) is 5.91 Å². The molecule has 0 N–H and O–H groups in total. The van der Waals surface area contributed by atoms with E-state index in [2.05, 4.69) is 14.9 Å². The molecule has 0 aliphatic carbocycles. The van der Waals surface area contributed by atoms with E-state index >= 15 is 0 Å². The Morgan fingerprint density at radius 1 is 1.27 bits per heavy atom. The second-order valence-electron chi connectivity index (χ2n) is 6.88. The minimum Gasteiger partial charge on any atom is -0.491 e. The van der Waals surface area contributed by atoms with Crippen molar-refractivity contribution in [2.45, 2.75) is 38.7 Å². The zero-order valence-electron chi connectivity index (χ0n) is 15.5. The molecular formula is C19H25N3O4. The van der Waals surface area contributed by atoms with Crippen molar-refractivity contribution in [3.63, 3.8) is 0 Å². The van der Waals surface area contributed by atoms with Crippen molar-refractivity contribution < 1.29 is 18.9 Å². The number of likely N-dealkylation sites (tertiary alicyclic amines) is 1. The summed E-state index contributed by atoms with van der Waals surface area (Å²) in [4.78, 5) is 14.5. The van der Waals surface area contributed by atoms with Crippen LogP contribution in [-0.2, 0) is 16.0 Å². The third kappa shape index (κ3) is 4.22. The molecule has 7 nitrogen and oxygen atoms in total. The van der Waals surface area contributed by atoms with Crippen molar-refractivity contribution >= 4 is 5.91 Å².